The van der Waals surface area contributed by atoms with Crippen LogP contribution in [-0.2, 0) is 4.79 Å². The highest BCUT2D eigenvalue weighted by molar-refractivity contribution is 7.16. The molecule has 6 heteroatoms. The summed E-state index contributed by atoms with van der Waals surface area (Å²) in [5, 5.41) is 18.0. The van der Waals surface area contributed by atoms with Crippen molar-refractivity contribution in [2.24, 2.45) is 0 Å². The van der Waals surface area contributed by atoms with E-state index < -0.39 is 17.0 Å². The van der Waals surface area contributed by atoms with Gasteiger partial charge in [-0.2, -0.15) is 0 Å². The molecule has 2 rings (SSSR count). The monoisotopic (exact) mass is 226 g/mol. The van der Waals surface area contributed by atoms with Gasteiger partial charge in [-0.3, -0.25) is 0 Å². The lowest BCUT2D eigenvalue weighted by Gasteiger charge is -2.04. The Morgan fingerprint density at radius 2 is 2.20 bits per heavy atom. The molecule has 78 valence electrons. The van der Waals surface area contributed by atoms with E-state index in [1.54, 1.807) is 12.1 Å². The van der Waals surface area contributed by atoms with Crippen molar-refractivity contribution in [1.82, 2.24) is 0 Å². The molecule has 0 aliphatic heterocycles. The number of benzene rings is 1. The third kappa shape index (κ3) is 1.64. The lowest BCUT2D eigenvalue weighted by atomic mass is 10.1. The smallest absolute Gasteiger partial charge is 0.396 e. The molecule has 0 aliphatic rings. The van der Waals surface area contributed by atoms with Crippen LogP contribution in [0.15, 0.2) is 27.4 Å². The maximum atomic E-state index is 11.0. The topological polar surface area (TPSA) is 87.7 Å². The van der Waals surface area contributed by atoms with Crippen LogP contribution < -0.4 is 4.94 Å². The Kier molecular flexibility index (Phi) is 2.29. The molecule has 5 nitrogen and oxygen atoms in total. The molecule has 0 amide bonds. The molecule has 0 spiro atoms. The zero-order valence-corrected chi connectivity index (χ0v) is 8.15. The van der Waals surface area contributed by atoms with Crippen molar-refractivity contribution in [2.45, 2.75) is 6.10 Å². The van der Waals surface area contributed by atoms with Crippen molar-refractivity contribution in [1.29, 1.82) is 0 Å². The van der Waals surface area contributed by atoms with Gasteiger partial charge in [0.25, 0.3) is 0 Å². The third-order valence-electron chi connectivity index (χ3n) is 1.92. The fourth-order valence-corrected chi connectivity index (χ4v) is 1.97. The van der Waals surface area contributed by atoms with Gasteiger partial charge in [-0.25, -0.2) is 9.59 Å². The summed E-state index contributed by atoms with van der Waals surface area (Å²) in [4.78, 5) is 21.0. The fourth-order valence-electron chi connectivity index (χ4n) is 1.26. The molecule has 15 heavy (non-hydrogen) atoms. The number of carboxylic acid groups (broad SMARTS) is 1. The Morgan fingerprint density at radius 3 is 2.87 bits per heavy atom. The fraction of sp³-hybridized carbons (Fsp3) is 0.111. The second-order valence-electron chi connectivity index (χ2n) is 2.87. The Hall–Kier alpha value is -1.66. The van der Waals surface area contributed by atoms with Gasteiger partial charge in [-0.1, -0.05) is 23.5 Å². The van der Waals surface area contributed by atoms with Gasteiger partial charge in [-0.15, -0.1) is 0 Å². The van der Waals surface area contributed by atoms with Crippen molar-refractivity contribution in [2.75, 3.05) is 0 Å². The van der Waals surface area contributed by atoms with E-state index in [0.717, 1.165) is 11.3 Å². The third-order valence-corrected chi connectivity index (χ3v) is 2.71. The highest BCUT2D eigenvalue weighted by Gasteiger charge is 2.20. The zero-order chi connectivity index (χ0) is 11.0. The molecule has 0 saturated heterocycles. The first kappa shape index (κ1) is 9.88. The van der Waals surface area contributed by atoms with E-state index in [2.05, 4.69) is 0 Å². The molecule has 0 fully saturated rings. The molecule has 1 aromatic carbocycles. The SMILES string of the molecule is O=C(O)C(O)c1cccc2sc(=O)oc12. The van der Waals surface area contributed by atoms with Crippen LogP contribution in [0.4, 0.5) is 0 Å². The average molecular weight is 226 g/mol. The largest absolute Gasteiger partial charge is 0.479 e. The first-order valence-electron chi connectivity index (χ1n) is 4.03. The second-order valence-corrected chi connectivity index (χ2v) is 3.85. The van der Waals surface area contributed by atoms with E-state index in [1.165, 1.54) is 6.07 Å². The number of rotatable bonds is 2. The minimum absolute atomic E-state index is 0.0957. The van der Waals surface area contributed by atoms with Gasteiger partial charge in [0.15, 0.2) is 11.7 Å². The number of aliphatic carboxylic acids is 1. The lowest BCUT2D eigenvalue weighted by Crippen LogP contribution is -2.10. The summed E-state index contributed by atoms with van der Waals surface area (Å²) < 4.78 is 5.34. The maximum Gasteiger partial charge on any atom is 0.396 e. The molecular formula is C9H6O5S. The van der Waals surface area contributed by atoms with Crippen LogP contribution in [0.2, 0.25) is 0 Å². The molecule has 0 aliphatic carbocycles. The van der Waals surface area contributed by atoms with Crippen LogP contribution in [-0.4, -0.2) is 16.2 Å². The van der Waals surface area contributed by atoms with Crippen molar-refractivity contribution < 1.29 is 19.4 Å². The summed E-state index contributed by atoms with van der Waals surface area (Å²) in [5.74, 6) is -1.38. The summed E-state index contributed by atoms with van der Waals surface area (Å²) in [7, 11) is 0. The second kappa shape index (κ2) is 3.48. The maximum absolute atomic E-state index is 11.0. The zero-order valence-electron chi connectivity index (χ0n) is 7.34. The van der Waals surface area contributed by atoms with E-state index >= 15 is 0 Å². The predicted octanol–water partition coefficient (Wildman–Crippen LogP) is 0.972. The molecule has 0 saturated carbocycles. The van der Waals surface area contributed by atoms with Gasteiger partial charge >= 0.3 is 10.9 Å². The molecule has 1 atom stereocenters. The predicted molar refractivity (Wildman–Crippen MR) is 53.0 cm³/mol. The highest BCUT2D eigenvalue weighted by atomic mass is 32.1. The van der Waals surface area contributed by atoms with Crippen LogP contribution in [0, 0.1) is 0 Å². The van der Waals surface area contributed by atoms with Gasteiger partial charge in [-0.05, 0) is 6.07 Å². The normalized spacial score (nSPS) is 12.9. The summed E-state index contributed by atoms with van der Waals surface area (Å²) in [6.45, 7) is 0. The van der Waals surface area contributed by atoms with Gasteiger partial charge in [0.2, 0.25) is 0 Å². The van der Waals surface area contributed by atoms with Crippen molar-refractivity contribution in [3.8, 4) is 0 Å². The highest BCUT2D eigenvalue weighted by Crippen LogP contribution is 2.25. The molecular weight excluding hydrogens is 220 g/mol. The van der Waals surface area contributed by atoms with Crippen LogP contribution >= 0.6 is 11.3 Å². The van der Waals surface area contributed by atoms with Gasteiger partial charge in [0, 0.05) is 5.56 Å². The number of hydrogen-bond acceptors (Lipinski definition) is 5. The number of para-hydroxylation sites is 1. The minimum atomic E-state index is -1.67. The van der Waals surface area contributed by atoms with Gasteiger partial charge in [0.1, 0.15) is 0 Å². The van der Waals surface area contributed by atoms with E-state index in [0.29, 0.717) is 4.70 Å². The standard InChI is InChI=1S/C9H6O5S/c10-6(8(11)12)4-2-1-3-5-7(4)14-9(13)15-5/h1-3,6,10H,(H,11,12). The summed E-state index contributed by atoms with van der Waals surface area (Å²) in [6, 6.07) is 4.61. The summed E-state index contributed by atoms with van der Waals surface area (Å²) in [6.07, 6.45) is -1.67. The molecule has 2 aromatic rings. The number of aliphatic hydroxyl groups is 1. The summed E-state index contributed by atoms with van der Waals surface area (Å²) >= 11 is 0.869. The van der Waals surface area contributed by atoms with Gasteiger partial charge in [0.05, 0.1) is 4.70 Å². The van der Waals surface area contributed by atoms with Crippen molar-refractivity contribution >= 4 is 27.6 Å². The molecule has 1 heterocycles. The van der Waals surface area contributed by atoms with E-state index in [4.69, 9.17) is 9.52 Å². The van der Waals surface area contributed by atoms with E-state index in [1.807, 2.05) is 0 Å². The van der Waals surface area contributed by atoms with Crippen molar-refractivity contribution in [3.63, 3.8) is 0 Å². The molecule has 0 bridgehead atoms. The minimum Gasteiger partial charge on any atom is -0.479 e. The van der Waals surface area contributed by atoms with E-state index in [9.17, 15) is 14.7 Å². The number of carbonyl (C=O) groups is 1. The van der Waals surface area contributed by atoms with Crippen LogP contribution in [0.5, 0.6) is 0 Å². The lowest BCUT2D eigenvalue weighted by molar-refractivity contribution is -0.146. The van der Waals surface area contributed by atoms with Crippen LogP contribution in [0.3, 0.4) is 0 Å². The number of aliphatic hydroxyl groups excluding tert-OH is 1. The number of fused-ring (bicyclic) bond motifs is 1. The number of carboxylic acids is 1. The Labute approximate surface area is 87.2 Å². The molecule has 2 N–H and O–H groups in total. The molecule has 1 aromatic heterocycles. The Bertz CT molecular complexity index is 567. The first-order valence-corrected chi connectivity index (χ1v) is 4.84. The Morgan fingerprint density at radius 1 is 1.47 bits per heavy atom. The quantitative estimate of drug-likeness (QED) is 0.796. The molecule has 1 unspecified atom stereocenters. The van der Waals surface area contributed by atoms with Crippen LogP contribution in [0.1, 0.15) is 11.7 Å². The van der Waals surface area contributed by atoms with Crippen LogP contribution in [0.25, 0.3) is 10.3 Å². The van der Waals surface area contributed by atoms with E-state index in [-0.39, 0.29) is 11.1 Å². The molecule has 0 radical (unpaired) electrons. The van der Waals surface area contributed by atoms with Crippen molar-refractivity contribution in [3.05, 3.63) is 33.5 Å². The summed E-state index contributed by atoms with van der Waals surface area (Å²) in [5.41, 5.74) is 0.237. The first-order chi connectivity index (χ1) is 7.09. The van der Waals surface area contributed by atoms with Gasteiger partial charge < -0.3 is 14.6 Å². The number of hydrogen-bond donors (Lipinski definition) is 2. The Balaban J connectivity index is 2.70. The average Bonchev–Trinajstić information content (AvgIpc) is 2.56.